The van der Waals surface area contributed by atoms with Gasteiger partial charge in [0.2, 0.25) is 0 Å². The van der Waals surface area contributed by atoms with Crippen molar-refractivity contribution in [1.82, 2.24) is 9.78 Å². The van der Waals surface area contributed by atoms with Crippen molar-refractivity contribution in [3.63, 3.8) is 0 Å². The predicted molar refractivity (Wildman–Crippen MR) is 104 cm³/mol. The second kappa shape index (κ2) is 6.99. The Bertz CT molecular complexity index is 986. The number of nitro benzene ring substituents is 1. The highest BCUT2D eigenvalue weighted by molar-refractivity contribution is 5.66. The Morgan fingerprint density at radius 2 is 1.67 bits per heavy atom. The van der Waals surface area contributed by atoms with E-state index in [1.165, 1.54) is 24.3 Å². The van der Waals surface area contributed by atoms with Gasteiger partial charge in [-0.2, -0.15) is 10.2 Å². The molecule has 8 nitrogen and oxygen atoms in total. The summed E-state index contributed by atoms with van der Waals surface area (Å²) in [7, 11) is 0. The fourth-order valence-corrected chi connectivity index (χ4v) is 2.54. The van der Waals surface area contributed by atoms with E-state index in [0.717, 1.165) is 11.4 Å². The van der Waals surface area contributed by atoms with Gasteiger partial charge < -0.3 is 5.73 Å². The van der Waals surface area contributed by atoms with Crippen molar-refractivity contribution >= 4 is 22.9 Å². The highest BCUT2D eigenvalue weighted by Gasteiger charge is 2.26. The second-order valence-corrected chi connectivity index (χ2v) is 7.05. The Kier molecular flexibility index (Phi) is 4.72. The summed E-state index contributed by atoms with van der Waals surface area (Å²) in [6.45, 7) is 6.07. The summed E-state index contributed by atoms with van der Waals surface area (Å²) < 4.78 is 1.64. The van der Waals surface area contributed by atoms with Crippen LogP contribution in [0.2, 0.25) is 0 Å². The average Bonchev–Trinajstić information content (AvgIpc) is 2.98. The summed E-state index contributed by atoms with van der Waals surface area (Å²) >= 11 is 0. The van der Waals surface area contributed by atoms with E-state index in [0.29, 0.717) is 17.2 Å². The third kappa shape index (κ3) is 3.84. The molecule has 0 aliphatic carbocycles. The standard InChI is InChI=1S/C19H20N6O2/c1-19(2,3)17-16(18(20)24(23-17)14-7-5-4-6-8-14)22-21-13-9-11-15(12-10-13)25(26)27/h4-12H,20H2,1-3H3/b22-21+. The van der Waals surface area contributed by atoms with E-state index in [1.807, 2.05) is 51.1 Å². The first kappa shape index (κ1) is 18.2. The fourth-order valence-electron chi connectivity index (χ4n) is 2.54. The van der Waals surface area contributed by atoms with Gasteiger partial charge >= 0.3 is 0 Å². The predicted octanol–water partition coefficient (Wildman–Crippen LogP) is 5.08. The van der Waals surface area contributed by atoms with E-state index < -0.39 is 4.92 Å². The molecule has 0 saturated heterocycles. The van der Waals surface area contributed by atoms with Gasteiger partial charge in [-0.05, 0) is 24.3 Å². The van der Waals surface area contributed by atoms with Gasteiger partial charge in [-0.25, -0.2) is 4.68 Å². The molecule has 0 aliphatic heterocycles. The lowest BCUT2D eigenvalue weighted by atomic mass is 9.91. The maximum absolute atomic E-state index is 10.8. The Balaban J connectivity index is 2.03. The molecular formula is C19H20N6O2. The average molecular weight is 364 g/mol. The Labute approximate surface area is 156 Å². The van der Waals surface area contributed by atoms with Crippen molar-refractivity contribution in [3.8, 4) is 5.69 Å². The third-order valence-electron chi connectivity index (χ3n) is 3.93. The van der Waals surface area contributed by atoms with E-state index in [2.05, 4.69) is 15.3 Å². The van der Waals surface area contributed by atoms with Crippen LogP contribution in [0.1, 0.15) is 26.5 Å². The molecule has 1 aromatic heterocycles. The minimum Gasteiger partial charge on any atom is -0.382 e. The Hall–Kier alpha value is -3.55. The van der Waals surface area contributed by atoms with Crippen LogP contribution in [0.5, 0.6) is 0 Å². The number of hydrogen-bond donors (Lipinski definition) is 1. The highest BCUT2D eigenvalue weighted by Crippen LogP contribution is 2.37. The van der Waals surface area contributed by atoms with Gasteiger partial charge in [-0.3, -0.25) is 10.1 Å². The molecule has 138 valence electrons. The van der Waals surface area contributed by atoms with Gasteiger partial charge in [0.1, 0.15) is 0 Å². The van der Waals surface area contributed by atoms with Crippen LogP contribution in [0.4, 0.5) is 22.9 Å². The Morgan fingerprint density at radius 1 is 1.04 bits per heavy atom. The van der Waals surface area contributed by atoms with Crippen molar-refractivity contribution < 1.29 is 4.92 Å². The molecule has 27 heavy (non-hydrogen) atoms. The summed E-state index contributed by atoms with van der Waals surface area (Å²) in [4.78, 5) is 10.3. The first-order valence-electron chi connectivity index (χ1n) is 8.38. The van der Waals surface area contributed by atoms with Gasteiger partial charge in [0.25, 0.3) is 5.69 Å². The molecule has 0 spiro atoms. The number of nitrogens with two attached hydrogens (primary N) is 1. The molecule has 0 aliphatic rings. The van der Waals surface area contributed by atoms with Gasteiger partial charge in [0, 0.05) is 17.5 Å². The van der Waals surface area contributed by atoms with E-state index >= 15 is 0 Å². The number of non-ortho nitro benzene ring substituents is 1. The molecule has 0 atom stereocenters. The molecule has 0 radical (unpaired) electrons. The van der Waals surface area contributed by atoms with Crippen LogP contribution < -0.4 is 5.73 Å². The van der Waals surface area contributed by atoms with E-state index in [4.69, 9.17) is 5.73 Å². The minimum atomic E-state index is -0.458. The van der Waals surface area contributed by atoms with Crippen LogP contribution in [-0.2, 0) is 5.41 Å². The maximum Gasteiger partial charge on any atom is 0.269 e. The number of rotatable bonds is 4. The summed E-state index contributed by atoms with van der Waals surface area (Å²) in [5.74, 6) is 0.386. The lowest BCUT2D eigenvalue weighted by molar-refractivity contribution is -0.384. The number of benzene rings is 2. The minimum absolute atomic E-state index is 0.000687. The largest absolute Gasteiger partial charge is 0.382 e. The number of aromatic nitrogens is 2. The van der Waals surface area contributed by atoms with Gasteiger partial charge in [-0.1, -0.05) is 39.0 Å². The number of nitro groups is 1. The molecule has 8 heteroatoms. The SMILES string of the molecule is CC(C)(C)c1nn(-c2ccccc2)c(N)c1/N=N/c1ccc([N+](=O)[O-])cc1. The van der Waals surface area contributed by atoms with Gasteiger partial charge in [-0.15, -0.1) is 5.11 Å². The third-order valence-corrected chi connectivity index (χ3v) is 3.93. The molecule has 0 bridgehead atoms. The van der Waals surface area contributed by atoms with Gasteiger partial charge in [0.15, 0.2) is 11.5 Å². The number of hydrogen-bond acceptors (Lipinski definition) is 6. The smallest absolute Gasteiger partial charge is 0.269 e. The van der Waals surface area contributed by atoms with Crippen molar-refractivity contribution in [2.45, 2.75) is 26.2 Å². The quantitative estimate of drug-likeness (QED) is 0.395. The maximum atomic E-state index is 10.8. The molecule has 0 unspecified atom stereocenters. The van der Waals surface area contributed by atoms with Crippen molar-refractivity contribution in [2.24, 2.45) is 10.2 Å². The lowest BCUT2D eigenvalue weighted by Crippen LogP contribution is -2.13. The van der Waals surface area contributed by atoms with E-state index in [1.54, 1.807) is 4.68 Å². The van der Waals surface area contributed by atoms with Crippen molar-refractivity contribution in [2.75, 3.05) is 5.73 Å². The van der Waals surface area contributed by atoms with E-state index in [9.17, 15) is 10.1 Å². The van der Waals surface area contributed by atoms with Crippen LogP contribution in [0.15, 0.2) is 64.8 Å². The molecule has 0 saturated carbocycles. The van der Waals surface area contributed by atoms with Gasteiger partial charge in [0.05, 0.1) is 22.0 Å². The van der Waals surface area contributed by atoms with Crippen LogP contribution in [0.3, 0.4) is 0 Å². The molecule has 2 N–H and O–H groups in total. The van der Waals surface area contributed by atoms with Crippen LogP contribution >= 0.6 is 0 Å². The Morgan fingerprint density at radius 3 is 2.22 bits per heavy atom. The number of nitrogen functional groups attached to an aromatic ring is 1. The van der Waals surface area contributed by atoms with Crippen LogP contribution in [0, 0.1) is 10.1 Å². The number of azo groups is 1. The molecule has 2 aromatic carbocycles. The number of nitrogens with zero attached hydrogens (tertiary/aromatic N) is 5. The highest BCUT2D eigenvalue weighted by atomic mass is 16.6. The summed E-state index contributed by atoms with van der Waals surface area (Å²) in [6, 6.07) is 15.4. The first-order chi connectivity index (χ1) is 12.8. The van der Waals surface area contributed by atoms with Crippen LogP contribution in [-0.4, -0.2) is 14.7 Å². The normalized spacial score (nSPS) is 11.8. The lowest BCUT2D eigenvalue weighted by Gasteiger charge is -2.15. The van der Waals surface area contributed by atoms with Crippen molar-refractivity contribution in [1.29, 1.82) is 0 Å². The number of anilines is 1. The molecule has 0 fully saturated rings. The number of para-hydroxylation sites is 1. The summed E-state index contributed by atoms with van der Waals surface area (Å²) in [5.41, 5.74) is 8.56. The fraction of sp³-hybridized carbons (Fsp3) is 0.211. The van der Waals surface area contributed by atoms with E-state index in [-0.39, 0.29) is 11.1 Å². The summed E-state index contributed by atoms with van der Waals surface area (Å²) in [5, 5.41) is 23.9. The summed E-state index contributed by atoms with van der Waals surface area (Å²) in [6.07, 6.45) is 0. The molecule has 3 rings (SSSR count). The molecule has 3 aromatic rings. The molecule has 1 heterocycles. The zero-order valence-electron chi connectivity index (χ0n) is 15.3. The zero-order valence-corrected chi connectivity index (χ0v) is 15.3. The second-order valence-electron chi connectivity index (χ2n) is 7.05. The topological polar surface area (TPSA) is 112 Å². The van der Waals surface area contributed by atoms with Crippen molar-refractivity contribution in [3.05, 3.63) is 70.4 Å². The molecular weight excluding hydrogens is 344 g/mol. The molecule has 0 amide bonds. The first-order valence-corrected chi connectivity index (χ1v) is 8.38. The zero-order chi connectivity index (χ0) is 19.6. The van der Waals surface area contributed by atoms with Crippen LogP contribution in [0.25, 0.3) is 5.69 Å². The monoisotopic (exact) mass is 364 g/mol.